The number of hydrogen-bond donors (Lipinski definition) is 2. The maximum absolute atomic E-state index is 12.7. The number of carbonyl (C=O) groups is 2. The lowest BCUT2D eigenvalue weighted by Crippen LogP contribution is -2.32. The van der Waals surface area contributed by atoms with Gasteiger partial charge in [0.2, 0.25) is 5.91 Å². The van der Waals surface area contributed by atoms with Crippen molar-refractivity contribution < 1.29 is 14.3 Å². The van der Waals surface area contributed by atoms with E-state index in [2.05, 4.69) is 24.5 Å². The molecule has 156 valence electrons. The first-order chi connectivity index (χ1) is 14.1. The minimum absolute atomic E-state index is 0.00402. The number of carbonyl (C=O) groups excluding carboxylic acids is 2. The van der Waals surface area contributed by atoms with Gasteiger partial charge in [0.1, 0.15) is 5.75 Å². The summed E-state index contributed by atoms with van der Waals surface area (Å²) in [5.74, 6) is 0.568. The number of ether oxygens (including phenoxy) is 1. The molecule has 0 aliphatic rings. The lowest BCUT2D eigenvalue weighted by Gasteiger charge is -2.21. The molecule has 2 N–H and O–H groups in total. The van der Waals surface area contributed by atoms with Gasteiger partial charge in [-0.25, -0.2) is 0 Å². The topological polar surface area (TPSA) is 70.7 Å². The highest BCUT2D eigenvalue weighted by molar-refractivity contribution is 5.98. The van der Waals surface area contributed by atoms with Gasteiger partial charge in [0, 0.05) is 36.1 Å². The van der Waals surface area contributed by atoms with Crippen molar-refractivity contribution in [2.24, 2.45) is 0 Å². The molecule has 2 amide bonds. The van der Waals surface area contributed by atoms with Gasteiger partial charge in [0.25, 0.3) is 5.91 Å². The third-order valence-corrected chi connectivity index (χ3v) is 4.27. The second kappa shape index (κ2) is 11.7. The number of nitrogens with one attached hydrogen (secondary N) is 2. The Morgan fingerprint density at radius 2 is 1.62 bits per heavy atom. The molecule has 29 heavy (non-hydrogen) atoms. The molecular formula is C23H31N3O3. The molecular weight excluding hydrogens is 366 g/mol. The van der Waals surface area contributed by atoms with Crippen molar-refractivity contribution in [1.82, 2.24) is 4.90 Å². The van der Waals surface area contributed by atoms with Crippen molar-refractivity contribution >= 4 is 23.2 Å². The van der Waals surface area contributed by atoms with Gasteiger partial charge in [-0.2, -0.15) is 0 Å². The van der Waals surface area contributed by atoms with Crippen LogP contribution < -0.4 is 15.4 Å². The molecule has 0 aromatic heterocycles. The first-order valence-corrected chi connectivity index (χ1v) is 10.2. The van der Waals surface area contributed by atoms with E-state index in [1.165, 1.54) is 0 Å². The average Bonchev–Trinajstić information content (AvgIpc) is 2.72. The van der Waals surface area contributed by atoms with Crippen LogP contribution in [0.1, 0.15) is 44.0 Å². The Kier molecular flexibility index (Phi) is 9.02. The predicted octanol–water partition coefficient (Wildman–Crippen LogP) is 4.40. The van der Waals surface area contributed by atoms with E-state index in [-0.39, 0.29) is 18.4 Å². The summed E-state index contributed by atoms with van der Waals surface area (Å²) in [4.78, 5) is 26.9. The van der Waals surface area contributed by atoms with Crippen LogP contribution in [0, 0.1) is 0 Å². The van der Waals surface area contributed by atoms with Gasteiger partial charge in [-0.05, 0) is 50.1 Å². The Morgan fingerprint density at radius 3 is 2.31 bits per heavy atom. The van der Waals surface area contributed by atoms with Crippen molar-refractivity contribution in [3.8, 4) is 5.75 Å². The van der Waals surface area contributed by atoms with Gasteiger partial charge in [0.05, 0.1) is 13.2 Å². The molecule has 0 saturated heterocycles. The number of benzene rings is 2. The van der Waals surface area contributed by atoms with Gasteiger partial charge >= 0.3 is 0 Å². The summed E-state index contributed by atoms with van der Waals surface area (Å²) in [6.07, 6.45) is 1.83. The quantitative estimate of drug-likeness (QED) is 0.590. The zero-order chi connectivity index (χ0) is 21.1. The van der Waals surface area contributed by atoms with Gasteiger partial charge in [0.15, 0.2) is 0 Å². The van der Waals surface area contributed by atoms with Gasteiger partial charge in [-0.3, -0.25) is 9.59 Å². The van der Waals surface area contributed by atoms with E-state index < -0.39 is 0 Å². The molecule has 0 aliphatic heterocycles. The number of hydrogen-bond acceptors (Lipinski definition) is 4. The molecule has 0 atom stereocenters. The van der Waals surface area contributed by atoms with Crippen molar-refractivity contribution in [2.45, 2.75) is 33.6 Å². The summed E-state index contributed by atoms with van der Waals surface area (Å²) in [6.45, 7) is 8.21. The first-order valence-electron chi connectivity index (χ1n) is 10.2. The standard InChI is InChI=1S/C23H31N3O3/c1-4-13-26(14-5-2)23(28)18-9-7-11-20(15-18)25-22(27)17-24-19-10-8-12-21(16-19)29-6-3/h7-12,15-16,24H,4-6,13-14,17H2,1-3H3,(H,25,27). The minimum Gasteiger partial charge on any atom is -0.494 e. The molecule has 0 fully saturated rings. The van der Waals surface area contributed by atoms with E-state index in [1.807, 2.05) is 36.1 Å². The molecule has 0 saturated carbocycles. The SMILES string of the molecule is CCCN(CCC)C(=O)c1cccc(NC(=O)CNc2cccc(OCC)c2)c1. The third kappa shape index (κ3) is 7.14. The Balaban J connectivity index is 1.96. The summed E-state index contributed by atoms with van der Waals surface area (Å²) in [6, 6.07) is 14.6. The maximum Gasteiger partial charge on any atom is 0.253 e. The first kappa shape index (κ1) is 22.3. The summed E-state index contributed by atoms with van der Waals surface area (Å²) in [5, 5.41) is 5.93. The summed E-state index contributed by atoms with van der Waals surface area (Å²) >= 11 is 0. The van der Waals surface area contributed by atoms with Crippen LogP contribution >= 0.6 is 0 Å². The van der Waals surface area contributed by atoms with E-state index in [0.29, 0.717) is 17.9 Å². The highest BCUT2D eigenvalue weighted by Crippen LogP contribution is 2.17. The van der Waals surface area contributed by atoms with E-state index in [9.17, 15) is 9.59 Å². The van der Waals surface area contributed by atoms with Crippen molar-refractivity contribution in [2.75, 3.05) is 36.9 Å². The Hall–Kier alpha value is -3.02. The Labute approximate surface area is 173 Å². The Bertz CT molecular complexity index is 801. The van der Waals surface area contributed by atoms with Crippen molar-refractivity contribution in [3.63, 3.8) is 0 Å². The molecule has 0 heterocycles. The molecule has 2 aromatic rings. The van der Waals surface area contributed by atoms with Crippen LogP contribution in [-0.4, -0.2) is 43.0 Å². The average molecular weight is 398 g/mol. The minimum atomic E-state index is -0.185. The molecule has 0 aliphatic carbocycles. The van der Waals surface area contributed by atoms with Gasteiger partial charge < -0.3 is 20.3 Å². The third-order valence-electron chi connectivity index (χ3n) is 4.27. The van der Waals surface area contributed by atoms with Crippen LogP contribution in [0.2, 0.25) is 0 Å². The fourth-order valence-corrected chi connectivity index (χ4v) is 3.02. The molecule has 6 heteroatoms. The fraction of sp³-hybridized carbons (Fsp3) is 0.391. The van der Waals surface area contributed by atoms with Gasteiger partial charge in [-0.1, -0.05) is 26.0 Å². The lowest BCUT2D eigenvalue weighted by molar-refractivity contribution is -0.114. The highest BCUT2D eigenvalue weighted by Gasteiger charge is 2.15. The normalized spacial score (nSPS) is 10.3. The zero-order valence-corrected chi connectivity index (χ0v) is 17.5. The molecule has 6 nitrogen and oxygen atoms in total. The van der Waals surface area contributed by atoms with Crippen LogP contribution in [0.3, 0.4) is 0 Å². The van der Waals surface area contributed by atoms with Gasteiger partial charge in [-0.15, -0.1) is 0 Å². The van der Waals surface area contributed by atoms with Crippen molar-refractivity contribution in [3.05, 3.63) is 54.1 Å². The zero-order valence-electron chi connectivity index (χ0n) is 17.5. The smallest absolute Gasteiger partial charge is 0.253 e. The van der Waals surface area contributed by atoms with E-state index in [0.717, 1.165) is 37.4 Å². The van der Waals surface area contributed by atoms with Crippen molar-refractivity contribution in [1.29, 1.82) is 0 Å². The van der Waals surface area contributed by atoms with E-state index >= 15 is 0 Å². The fourth-order valence-electron chi connectivity index (χ4n) is 3.02. The van der Waals surface area contributed by atoms with Crippen LogP contribution in [0.5, 0.6) is 5.75 Å². The highest BCUT2D eigenvalue weighted by atomic mass is 16.5. The van der Waals surface area contributed by atoms with E-state index in [1.54, 1.807) is 24.3 Å². The number of anilines is 2. The molecule has 0 bridgehead atoms. The maximum atomic E-state index is 12.7. The van der Waals surface area contributed by atoms with E-state index in [4.69, 9.17) is 4.74 Å². The second-order valence-electron chi connectivity index (χ2n) is 6.74. The predicted molar refractivity (Wildman–Crippen MR) is 118 cm³/mol. The number of rotatable bonds is 11. The Morgan fingerprint density at radius 1 is 0.931 bits per heavy atom. The van der Waals surface area contributed by atoms with Crippen LogP contribution in [0.25, 0.3) is 0 Å². The summed E-state index contributed by atoms with van der Waals surface area (Å²) < 4.78 is 5.46. The molecule has 2 rings (SSSR count). The second-order valence-corrected chi connectivity index (χ2v) is 6.74. The monoisotopic (exact) mass is 397 g/mol. The summed E-state index contributed by atoms with van der Waals surface area (Å²) in [7, 11) is 0. The number of nitrogens with zero attached hydrogens (tertiary/aromatic N) is 1. The molecule has 2 aromatic carbocycles. The molecule has 0 unspecified atom stereocenters. The molecule has 0 spiro atoms. The van der Waals surface area contributed by atoms with Crippen LogP contribution in [0.4, 0.5) is 11.4 Å². The summed E-state index contributed by atoms with van der Waals surface area (Å²) in [5.41, 5.74) is 2.01. The largest absolute Gasteiger partial charge is 0.494 e. The number of amides is 2. The molecule has 0 radical (unpaired) electrons. The lowest BCUT2D eigenvalue weighted by atomic mass is 10.1. The van der Waals surface area contributed by atoms with Crippen LogP contribution in [0.15, 0.2) is 48.5 Å². The van der Waals surface area contributed by atoms with Crippen LogP contribution in [-0.2, 0) is 4.79 Å².